The zero-order valence-corrected chi connectivity index (χ0v) is 52.4. The number of carbonyl (C=O) groups is 3. The number of nitrogens with one attached hydrogen (secondary N) is 6. The fourth-order valence-electron chi connectivity index (χ4n) is 9.30. The molecule has 2 aliphatic rings. The van der Waals surface area contributed by atoms with Gasteiger partial charge in [0, 0.05) is 55.9 Å². The Morgan fingerprint density at radius 3 is 1.40 bits per heavy atom. The maximum Gasteiger partial charge on any atom is 0.253 e. The van der Waals surface area contributed by atoms with E-state index in [-0.39, 0.29) is 29.8 Å². The summed E-state index contributed by atoms with van der Waals surface area (Å²) in [6, 6.07) is 42.5. The Morgan fingerprint density at radius 1 is 0.506 bits per heavy atom. The molecule has 0 spiro atoms. The van der Waals surface area contributed by atoms with Gasteiger partial charge in [-0.25, -0.2) is 4.39 Å². The number of carbonyl (C=O) groups excluding carboxylic acids is 3. The van der Waals surface area contributed by atoms with Crippen molar-refractivity contribution in [2.75, 3.05) is 16.0 Å². The predicted octanol–water partition coefficient (Wildman–Crippen LogP) is 17.9. The molecular formula is C62H64BrClFI3N6O3. The molecule has 9 nitrogen and oxygen atoms in total. The van der Waals surface area contributed by atoms with E-state index in [0.717, 1.165) is 97.3 Å². The van der Waals surface area contributed by atoms with Crippen molar-refractivity contribution in [3.63, 3.8) is 0 Å². The SMILES string of the molecule is Cc1cc(I)ccc1Nc1ccc(Cl)cc1C(=O)NC1CCCCC1.Cc1cc(I)ccc1Nc1ccc(F)cc1C(=O)NC1CCCCC1.Cc1cccc(CNC(=O)c2cc(Br)ccc2Nc2ccc(I)cc2C)c1. The molecule has 7 aromatic rings. The summed E-state index contributed by atoms with van der Waals surface area (Å²) in [4.78, 5) is 38.3. The minimum Gasteiger partial charge on any atom is -0.355 e. The first-order valence-corrected chi connectivity index (χ1v) is 30.3. The van der Waals surface area contributed by atoms with Crippen LogP contribution in [0.1, 0.15) is 123 Å². The molecular weight excluding hydrogens is 1390 g/mol. The second kappa shape index (κ2) is 29.5. The van der Waals surface area contributed by atoms with Crippen LogP contribution in [0.4, 0.5) is 38.5 Å². The second-order valence-electron chi connectivity index (χ2n) is 19.6. The van der Waals surface area contributed by atoms with Gasteiger partial charge in [0.25, 0.3) is 17.7 Å². The van der Waals surface area contributed by atoms with Crippen LogP contribution in [-0.4, -0.2) is 29.8 Å². The summed E-state index contributed by atoms with van der Waals surface area (Å²) >= 11 is 16.5. The lowest BCUT2D eigenvalue weighted by atomic mass is 9.95. The predicted molar refractivity (Wildman–Crippen MR) is 345 cm³/mol. The minimum atomic E-state index is -0.404. The van der Waals surface area contributed by atoms with Crippen molar-refractivity contribution in [3.8, 4) is 0 Å². The van der Waals surface area contributed by atoms with Crippen LogP contribution in [0.5, 0.6) is 0 Å². The van der Waals surface area contributed by atoms with Gasteiger partial charge in [-0.3, -0.25) is 14.4 Å². The fraction of sp³-hybridized carbons (Fsp3) is 0.274. The first kappa shape index (κ1) is 59.9. The Bertz CT molecular complexity index is 3070. The largest absolute Gasteiger partial charge is 0.355 e. The third-order valence-electron chi connectivity index (χ3n) is 13.5. The molecule has 77 heavy (non-hydrogen) atoms. The molecule has 2 aliphatic carbocycles. The van der Waals surface area contributed by atoms with Crippen molar-refractivity contribution in [3.05, 3.63) is 204 Å². The van der Waals surface area contributed by atoms with Crippen molar-refractivity contribution in [1.29, 1.82) is 0 Å². The summed E-state index contributed by atoms with van der Waals surface area (Å²) < 4.78 is 18.1. The van der Waals surface area contributed by atoms with Gasteiger partial charge in [-0.2, -0.15) is 0 Å². The summed E-state index contributed by atoms with van der Waals surface area (Å²) in [7, 11) is 0. The molecule has 0 unspecified atom stereocenters. The first-order valence-electron chi connectivity index (χ1n) is 25.9. The summed E-state index contributed by atoms with van der Waals surface area (Å²) in [5.74, 6) is -0.778. The van der Waals surface area contributed by atoms with Gasteiger partial charge in [0.1, 0.15) is 5.82 Å². The van der Waals surface area contributed by atoms with Gasteiger partial charge < -0.3 is 31.9 Å². The maximum atomic E-state index is 13.7. The topological polar surface area (TPSA) is 123 Å². The van der Waals surface area contributed by atoms with Gasteiger partial charge in [0.2, 0.25) is 0 Å². The molecule has 7 aromatic carbocycles. The lowest BCUT2D eigenvalue weighted by molar-refractivity contribution is 0.0920. The van der Waals surface area contributed by atoms with Crippen LogP contribution in [0.15, 0.2) is 138 Å². The maximum absolute atomic E-state index is 13.7. The fourth-order valence-corrected chi connectivity index (χ4v) is 11.8. The molecule has 0 bridgehead atoms. The quantitative estimate of drug-likeness (QED) is 0.0640. The van der Waals surface area contributed by atoms with Crippen LogP contribution in [0, 0.1) is 44.2 Å². The van der Waals surface area contributed by atoms with Crippen molar-refractivity contribution < 1.29 is 18.8 Å². The molecule has 6 N–H and O–H groups in total. The Labute approximate surface area is 507 Å². The molecule has 9 rings (SSSR count). The molecule has 0 aromatic heterocycles. The average Bonchev–Trinajstić information content (AvgIpc) is 3.40. The van der Waals surface area contributed by atoms with Gasteiger partial charge in [-0.1, -0.05) is 95.9 Å². The van der Waals surface area contributed by atoms with Crippen LogP contribution in [-0.2, 0) is 6.54 Å². The highest BCUT2D eigenvalue weighted by atomic mass is 127. The van der Waals surface area contributed by atoms with E-state index in [1.165, 1.54) is 50.5 Å². The molecule has 402 valence electrons. The van der Waals surface area contributed by atoms with E-state index >= 15 is 0 Å². The molecule has 0 heterocycles. The normalized spacial score (nSPS) is 13.4. The molecule has 0 atom stereocenters. The highest BCUT2D eigenvalue weighted by molar-refractivity contribution is 14.1. The Balaban J connectivity index is 0.000000168. The van der Waals surface area contributed by atoms with Crippen LogP contribution in [0.2, 0.25) is 5.02 Å². The van der Waals surface area contributed by atoms with Crippen LogP contribution < -0.4 is 31.9 Å². The van der Waals surface area contributed by atoms with E-state index in [9.17, 15) is 18.8 Å². The van der Waals surface area contributed by atoms with Crippen molar-refractivity contribution >= 4 is 147 Å². The summed E-state index contributed by atoms with van der Waals surface area (Å²) in [5, 5.41) is 19.9. The number of halogens is 6. The highest BCUT2D eigenvalue weighted by Crippen LogP contribution is 2.31. The number of amides is 3. The number of aryl methyl sites for hydroxylation is 4. The van der Waals surface area contributed by atoms with Gasteiger partial charge in [-0.05, 0) is 253 Å². The lowest BCUT2D eigenvalue weighted by Gasteiger charge is -2.23. The summed E-state index contributed by atoms with van der Waals surface area (Å²) in [6.45, 7) is 8.67. The summed E-state index contributed by atoms with van der Waals surface area (Å²) in [5.41, 5.74) is 12.3. The standard InChI is InChI=1S/C22H20BrIN2O.C20H22ClIN2O.C20H22FIN2O/c1-14-4-3-5-16(10-14)13-25-22(27)19-12-17(23)6-8-21(19)26-20-9-7-18(24)11-15(20)2;2*1-13-11-15(22)8-10-18(13)24-19-9-7-14(21)12-17(19)20(25)23-16-5-3-2-4-6-16/h3-12,26H,13H2,1-2H3,(H,25,27);2*7-12,16,24H,2-6H2,1H3,(H,23,25). The van der Waals surface area contributed by atoms with Gasteiger partial charge >= 0.3 is 0 Å². The van der Waals surface area contributed by atoms with Gasteiger partial charge in [0.05, 0.1) is 33.8 Å². The van der Waals surface area contributed by atoms with Crippen LogP contribution in [0.3, 0.4) is 0 Å². The lowest BCUT2D eigenvalue weighted by Crippen LogP contribution is -2.36. The zero-order valence-electron chi connectivity index (χ0n) is 43.6. The number of rotatable bonds is 13. The molecule has 2 fully saturated rings. The van der Waals surface area contributed by atoms with E-state index in [4.69, 9.17) is 11.6 Å². The molecule has 0 saturated heterocycles. The van der Waals surface area contributed by atoms with Crippen molar-refractivity contribution in [2.45, 2.75) is 111 Å². The smallest absolute Gasteiger partial charge is 0.253 e. The monoisotopic (exact) mass is 1450 g/mol. The zero-order chi connectivity index (χ0) is 55.0. The minimum absolute atomic E-state index is 0.0555. The van der Waals surface area contributed by atoms with Crippen molar-refractivity contribution in [2.24, 2.45) is 0 Å². The number of benzene rings is 7. The van der Waals surface area contributed by atoms with E-state index < -0.39 is 5.82 Å². The molecule has 0 aliphatic heterocycles. The van der Waals surface area contributed by atoms with Crippen LogP contribution in [0.25, 0.3) is 0 Å². The Kier molecular flexibility index (Phi) is 22.9. The summed E-state index contributed by atoms with van der Waals surface area (Å²) in [6.07, 6.45) is 11.3. The van der Waals surface area contributed by atoms with Gasteiger partial charge in [-0.15, -0.1) is 0 Å². The second-order valence-corrected chi connectivity index (χ2v) is 24.7. The van der Waals surface area contributed by atoms with E-state index in [1.807, 2.05) is 98.8 Å². The van der Waals surface area contributed by atoms with E-state index in [0.29, 0.717) is 33.9 Å². The molecule has 0 radical (unpaired) electrons. The average molecular weight is 1460 g/mol. The van der Waals surface area contributed by atoms with Crippen LogP contribution >= 0.6 is 95.3 Å². The number of hydrogen-bond acceptors (Lipinski definition) is 6. The number of hydrogen-bond donors (Lipinski definition) is 6. The molecule has 3 amide bonds. The first-order chi connectivity index (χ1) is 37.0. The molecule has 2 saturated carbocycles. The third-order valence-corrected chi connectivity index (χ3v) is 16.2. The Hall–Kier alpha value is -4.76. The third kappa shape index (κ3) is 18.4. The molecule has 15 heteroatoms. The number of anilines is 6. The Morgan fingerprint density at radius 2 is 0.935 bits per heavy atom. The van der Waals surface area contributed by atoms with E-state index in [1.54, 1.807) is 12.1 Å². The van der Waals surface area contributed by atoms with Gasteiger partial charge in [0.15, 0.2) is 0 Å². The van der Waals surface area contributed by atoms with E-state index in [2.05, 4.69) is 154 Å². The van der Waals surface area contributed by atoms with Crippen molar-refractivity contribution in [1.82, 2.24) is 16.0 Å². The highest BCUT2D eigenvalue weighted by Gasteiger charge is 2.22.